The molecular formula is C7H13NO3S2. The average Bonchev–Trinajstić information content (AvgIpc) is 2.63. The number of rotatable bonds is 3. The Labute approximate surface area is 82.4 Å². The highest BCUT2D eigenvalue weighted by Crippen LogP contribution is 2.38. The molecule has 13 heavy (non-hydrogen) atoms. The van der Waals surface area contributed by atoms with E-state index in [1.165, 1.54) is 0 Å². The van der Waals surface area contributed by atoms with Gasteiger partial charge >= 0.3 is 0 Å². The maximum Gasteiger partial charge on any atom is 0.216 e. The fourth-order valence-electron chi connectivity index (χ4n) is 1.94. The van der Waals surface area contributed by atoms with Gasteiger partial charge in [0.1, 0.15) is 0 Å². The van der Waals surface area contributed by atoms with E-state index in [9.17, 15) is 8.42 Å². The van der Waals surface area contributed by atoms with E-state index in [0.29, 0.717) is 11.8 Å². The van der Waals surface area contributed by atoms with Crippen LogP contribution in [0.4, 0.5) is 0 Å². The highest BCUT2D eigenvalue weighted by molar-refractivity contribution is 8.00. The Kier molecular flexibility index (Phi) is 2.57. The first kappa shape index (κ1) is 9.76. The number of aliphatic hydroxyl groups excluding tert-OH is 1. The summed E-state index contributed by atoms with van der Waals surface area (Å²) < 4.78 is 24.7. The van der Waals surface area contributed by atoms with Crippen molar-refractivity contribution >= 4 is 21.8 Å². The van der Waals surface area contributed by atoms with Crippen LogP contribution < -0.4 is 0 Å². The number of fused-ring (bicyclic) bond motifs is 2. The summed E-state index contributed by atoms with van der Waals surface area (Å²) in [6.45, 7) is 0.376. The standard InChI is InChI=1S/C7H13NO3S2/c9-1-2-13(10,11)8-4-7-3-6(8)5-12-7/h6-7,9H,1-5H2. The van der Waals surface area contributed by atoms with Crippen LogP contribution in [0.25, 0.3) is 0 Å². The van der Waals surface area contributed by atoms with Gasteiger partial charge in [-0.05, 0) is 6.42 Å². The highest BCUT2D eigenvalue weighted by Gasteiger charge is 2.43. The Morgan fingerprint density at radius 1 is 1.54 bits per heavy atom. The largest absolute Gasteiger partial charge is 0.395 e. The van der Waals surface area contributed by atoms with Gasteiger partial charge in [-0.3, -0.25) is 0 Å². The summed E-state index contributed by atoms with van der Waals surface area (Å²) in [7, 11) is -3.17. The second kappa shape index (κ2) is 3.42. The lowest BCUT2D eigenvalue weighted by molar-refractivity contribution is 0.313. The van der Waals surface area contributed by atoms with Crippen molar-refractivity contribution in [3.63, 3.8) is 0 Å². The van der Waals surface area contributed by atoms with Crippen LogP contribution in [0.15, 0.2) is 0 Å². The third-order valence-corrected chi connectivity index (χ3v) is 5.81. The van der Waals surface area contributed by atoms with Crippen LogP contribution in [0.1, 0.15) is 6.42 Å². The average molecular weight is 223 g/mol. The van der Waals surface area contributed by atoms with Gasteiger partial charge < -0.3 is 5.11 Å². The Bertz CT molecular complexity index is 290. The summed E-state index contributed by atoms with van der Waals surface area (Å²) in [6, 6.07) is 0.201. The molecule has 2 atom stereocenters. The molecule has 0 aromatic heterocycles. The first-order chi connectivity index (χ1) is 6.13. The zero-order valence-electron chi connectivity index (χ0n) is 7.22. The summed E-state index contributed by atoms with van der Waals surface area (Å²) in [5.74, 6) is 0.802. The zero-order valence-corrected chi connectivity index (χ0v) is 8.85. The molecule has 2 fully saturated rings. The van der Waals surface area contributed by atoms with Gasteiger partial charge in [-0.2, -0.15) is 16.1 Å². The van der Waals surface area contributed by atoms with E-state index >= 15 is 0 Å². The predicted molar refractivity (Wildman–Crippen MR) is 52.2 cm³/mol. The number of sulfonamides is 1. The Balaban J connectivity index is 2.10. The topological polar surface area (TPSA) is 57.6 Å². The van der Waals surface area contributed by atoms with E-state index in [4.69, 9.17) is 5.11 Å². The van der Waals surface area contributed by atoms with Gasteiger partial charge in [-0.15, -0.1) is 0 Å². The van der Waals surface area contributed by atoms with Crippen LogP contribution >= 0.6 is 11.8 Å². The molecule has 2 rings (SSSR count). The minimum Gasteiger partial charge on any atom is -0.395 e. The van der Waals surface area contributed by atoms with E-state index in [0.717, 1.165) is 12.2 Å². The Morgan fingerprint density at radius 2 is 2.31 bits per heavy atom. The van der Waals surface area contributed by atoms with E-state index in [1.54, 1.807) is 4.31 Å². The van der Waals surface area contributed by atoms with Crippen LogP contribution in [-0.4, -0.2) is 53.8 Å². The molecule has 6 heteroatoms. The SMILES string of the molecule is O=S(=O)(CCO)N1CC2CC1CS2. The molecule has 0 aromatic carbocycles. The van der Waals surface area contributed by atoms with Crippen LogP contribution in [-0.2, 0) is 10.0 Å². The maximum absolute atomic E-state index is 11.6. The molecule has 0 amide bonds. The molecule has 0 aromatic rings. The zero-order chi connectivity index (χ0) is 9.47. The van der Waals surface area contributed by atoms with Crippen LogP contribution in [0.5, 0.6) is 0 Å². The lowest BCUT2D eigenvalue weighted by atomic mass is 10.3. The Hall–Kier alpha value is 0.220. The molecule has 2 saturated heterocycles. The van der Waals surface area contributed by atoms with E-state index in [-0.39, 0.29) is 18.4 Å². The second-order valence-corrected chi connectivity index (χ2v) is 6.83. The van der Waals surface area contributed by atoms with Gasteiger partial charge in [-0.25, -0.2) is 8.42 Å². The van der Waals surface area contributed by atoms with Crippen molar-refractivity contribution < 1.29 is 13.5 Å². The summed E-state index contributed by atoms with van der Waals surface area (Å²) >= 11 is 1.86. The first-order valence-electron chi connectivity index (χ1n) is 4.35. The minimum atomic E-state index is -3.17. The van der Waals surface area contributed by atoms with Crippen molar-refractivity contribution in [1.29, 1.82) is 0 Å². The van der Waals surface area contributed by atoms with Gasteiger partial charge in [-0.1, -0.05) is 0 Å². The van der Waals surface area contributed by atoms with Crippen molar-refractivity contribution in [3.8, 4) is 0 Å². The van der Waals surface area contributed by atoms with Gasteiger partial charge in [0.15, 0.2) is 0 Å². The summed E-state index contributed by atoms with van der Waals surface area (Å²) in [6.07, 6.45) is 0.995. The van der Waals surface area contributed by atoms with Crippen molar-refractivity contribution in [1.82, 2.24) is 4.31 Å². The summed E-state index contributed by atoms with van der Waals surface area (Å²) in [5.41, 5.74) is 0. The molecule has 76 valence electrons. The van der Waals surface area contributed by atoms with Crippen molar-refractivity contribution in [2.24, 2.45) is 0 Å². The lowest BCUT2D eigenvalue weighted by Gasteiger charge is -2.25. The van der Waals surface area contributed by atoms with Gasteiger partial charge in [0.05, 0.1) is 12.4 Å². The fraction of sp³-hybridized carbons (Fsp3) is 1.00. The molecule has 2 aliphatic heterocycles. The van der Waals surface area contributed by atoms with E-state index in [1.807, 2.05) is 11.8 Å². The molecule has 2 bridgehead atoms. The minimum absolute atomic E-state index is 0.124. The number of hydrogen-bond acceptors (Lipinski definition) is 4. The van der Waals surface area contributed by atoms with Gasteiger partial charge in [0.25, 0.3) is 0 Å². The van der Waals surface area contributed by atoms with Crippen molar-refractivity contribution in [2.75, 3.05) is 24.7 Å². The van der Waals surface area contributed by atoms with Gasteiger partial charge in [0, 0.05) is 23.6 Å². The van der Waals surface area contributed by atoms with Crippen molar-refractivity contribution in [2.45, 2.75) is 17.7 Å². The number of hydrogen-bond donors (Lipinski definition) is 1. The van der Waals surface area contributed by atoms with Gasteiger partial charge in [0.2, 0.25) is 10.0 Å². The van der Waals surface area contributed by atoms with Crippen LogP contribution in [0.2, 0.25) is 0 Å². The molecular weight excluding hydrogens is 210 g/mol. The molecule has 0 radical (unpaired) electrons. The van der Waals surface area contributed by atoms with E-state index < -0.39 is 10.0 Å². The second-order valence-electron chi connectivity index (χ2n) is 3.45. The molecule has 0 saturated carbocycles. The third-order valence-electron chi connectivity index (χ3n) is 2.56. The fourth-order valence-corrected chi connectivity index (χ4v) is 5.05. The van der Waals surface area contributed by atoms with Crippen LogP contribution in [0.3, 0.4) is 0 Å². The predicted octanol–water partition coefficient (Wildman–Crippen LogP) is -0.502. The lowest BCUT2D eigenvalue weighted by Crippen LogP contribution is -2.41. The normalized spacial score (nSPS) is 34.2. The highest BCUT2D eigenvalue weighted by atomic mass is 32.2. The summed E-state index contributed by atoms with van der Waals surface area (Å²) in [4.78, 5) is 0. The number of nitrogens with zero attached hydrogens (tertiary/aromatic N) is 1. The maximum atomic E-state index is 11.6. The van der Waals surface area contributed by atoms with Crippen molar-refractivity contribution in [3.05, 3.63) is 0 Å². The molecule has 0 spiro atoms. The smallest absolute Gasteiger partial charge is 0.216 e. The molecule has 2 aliphatic rings. The molecule has 4 nitrogen and oxygen atoms in total. The molecule has 0 aliphatic carbocycles. The Morgan fingerprint density at radius 3 is 2.77 bits per heavy atom. The monoisotopic (exact) mass is 223 g/mol. The summed E-state index contributed by atoms with van der Waals surface area (Å²) in [5, 5.41) is 9.12. The first-order valence-corrected chi connectivity index (χ1v) is 7.01. The number of thioether (sulfide) groups is 1. The molecule has 1 N–H and O–H groups in total. The third kappa shape index (κ3) is 1.72. The van der Waals surface area contributed by atoms with E-state index in [2.05, 4.69) is 0 Å². The molecule has 2 unspecified atom stereocenters. The number of aliphatic hydroxyl groups is 1. The molecule has 2 heterocycles. The quantitative estimate of drug-likeness (QED) is 0.700. The van der Waals surface area contributed by atoms with Crippen LogP contribution in [0, 0.1) is 0 Å².